The maximum absolute atomic E-state index is 9.94. The summed E-state index contributed by atoms with van der Waals surface area (Å²) in [6.45, 7) is 1.18. The number of likely N-dealkylation sites (tertiary alicyclic amines) is 1. The number of fused-ring (bicyclic) bond motifs is 2. The smallest absolute Gasteiger partial charge is 0.160 e. The van der Waals surface area contributed by atoms with Gasteiger partial charge in [-0.05, 0) is 56.8 Å². The van der Waals surface area contributed by atoms with Gasteiger partial charge in [-0.15, -0.1) is 0 Å². The predicted octanol–water partition coefficient (Wildman–Crippen LogP) is 1.91. The molecule has 92 valence electrons. The van der Waals surface area contributed by atoms with Crippen molar-refractivity contribution in [1.29, 1.82) is 0 Å². The minimum atomic E-state index is 0.0198. The van der Waals surface area contributed by atoms with Crippen LogP contribution in [0, 0.1) is 5.92 Å². The topological polar surface area (TPSA) is 43.7 Å². The Kier molecular flexibility index (Phi) is 2.51. The third-order valence-corrected chi connectivity index (χ3v) is 4.45. The van der Waals surface area contributed by atoms with E-state index in [9.17, 15) is 10.2 Å². The number of aromatic hydroxyl groups is 2. The van der Waals surface area contributed by atoms with Crippen molar-refractivity contribution in [2.75, 3.05) is 13.6 Å². The van der Waals surface area contributed by atoms with Crippen LogP contribution in [-0.2, 0) is 12.8 Å². The fourth-order valence-corrected chi connectivity index (χ4v) is 3.45. The summed E-state index contributed by atoms with van der Waals surface area (Å²) < 4.78 is 0. The number of benzene rings is 1. The summed E-state index contributed by atoms with van der Waals surface area (Å²) in [5, 5.41) is 19.5. The van der Waals surface area contributed by atoms with Crippen LogP contribution in [0.2, 0.25) is 0 Å². The summed E-state index contributed by atoms with van der Waals surface area (Å²) >= 11 is 0. The Morgan fingerprint density at radius 3 is 2.88 bits per heavy atom. The molecule has 1 saturated heterocycles. The molecule has 3 heteroatoms. The first-order valence-corrected chi connectivity index (χ1v) is 6.39. The molecule has 2 atom stereocenters. The number of hydrogen-bond acceptors (Lipinski definition) is 3. The average Bonchev–Trinajstić information content (AvgIpc) is 2.33. The van der Waals surface area contributed by atoms with Gasteiger partial charge in [-0.1, -0.05) is 6.07 Å². The molecular formula is C14H19NO2. The summed E-state index contributed by atoms with van der Waals surface area (Å²) in [7, 11) is 2.20. The third kappa shape index (κ3) is 1.69. The van der Waals surface area contributed by atoms with E-state index >= 15 is 0 Å². The first-order valence-electron chi connectivity index (χ1n) is 6.39. The molecule has 1 aromatic carbocycles. The van der Waals surface area contributed by atoms with Gasteiger partial charge < -0.3 is 15.1 Å². The Morgan fingerprint density at radius 2 is 2.06 bits per heavy atom. The highest BCUT2D eigenvalue weighted by atomic mass is 16.3. The van der Waals surface area contributed by atoms with E-state index in [1.807, 2.05) is 6.07 Å². The van der Waals surface area contributed by atoms with Crippen LogP contribution in [0.15, 0.2) is 12.1 Å². The summed E-state index contributed by atoms with van der Waals surface area (Å²) in [4.78, 5) is 2.45. The molecule has 17 heavy (non-hydrogen) atoms. The number of phenolic OH excluding ortho intramolecular Hbond substituents is 2. The van der Waals surface area contributed by atoms with Crippen molar-refractivity contribution in [2.24, 2.45) is 5.92 Å². The van der Waals surface area contributed by atoms with E-state index in [4.69, 9.17) is 0 Å². The normalized spacial score (nSPS) is 28.5. The Morgan fingerprint density at radius 1 is 1.24 bits per heavy atom. The molecule has 0 radical (unpaired) electrons. The molecular weight excluding hydrogens is 214 g/mol. The van der Waals surface area contributed by atoms with Crippen LogP contribution in [0.5, 0.6) is 11.5 Å². The van der Waals surface area contributed by atoms with E-state index in [1.165, 1.54) is 24.9 Å². The highest BCUT2D eigenvalue weighted by Gasteiger charge is 2.35. The SMILES string of the molecule is CN1CCCC2Cc3c(ccc(O)c3O)CC21. The minimum Gasteiger partial charge on any atom is -0.504 e. The Labute approximate surface area is 102 Å². The van der Waals surface area contributed by atoms with Crippen molar-refractivity contribution < 1.29 is 10.2 Å². The van der Waals surface area contributed by atoms with Crippen molar-refractivity contribution in [3.05, 3.63) is 23.3 Å². The van der Waals surface area contributed by atoms with Crippen LogP contribution in [0.4, 0.5) is 0 Å². The zero-order valence-corrected chi connectivity index (χ0v) is 10.2. The summed E-state index contributed by atoms with van der Waals surface area (Å²) in [6, 6.07) is 4.18. The first-order chi connectivity index (χ1) is 8.16. The van der Waals surface area contributed by atoms with Gasteiger partial charge >= 0.3 is 0 Å². The van der Waals surface area contributed by atoms with Gasteiger partial charge in [0.1, 0.15) is 0 Å². The second-order valence-corrected chi connectivity index (χ2v) is 5.43. The van der Waals surface area contributed by atoms with Gasteiger partial charge in [0.2, 0.25) is 0 Å². The number of rotatable bonds is 0. The lowest BCUT2D eigenvalue weighted by atomic mass is 9.75. The zero-order valence-electron chi connectivity index (χ0n) is 10.2. The molecule has 1 aliphatic heterocycles. The summed E-state index contributed by atoms with van der Waals surface area (Å²) in [5.41, 5.74) is 2.18. The van der Waals surface area contributed by atoms with Crippen LogP contribution in [-0.4, -0.2) is 34.7 Å². The number of piperidine rings is 1. The van der Waals surface area contributed by atoms with E-state index in [1.54, 1.807) is 6.07 Å². The van der Waals surface area contributed by atoms with Gasteiger partial charge in [0.25, 0.3) is 0 Å². The molecule has 1 aliphatic carbocycles. The quantitative estimate of drug-likeness (QED) is 0.673. The van der Waals surface area contributed by atoms with E-state index < -0.39 is 0 Å². The molecule has 2 aliphatic rings. The van der Waals surface area contributed by atoms with Crippen LogP contribution < -0.4 is 0 Å². The fourth-order valence-electron chi connectivity index (χ4n) is 3.45. The molecule has 3 nitrogen and oxygen atoms in total. The first kappa shape index (κ1) is 10.9. The number of likely N-dealkylation sites (N-methyl/N-ethyl adjacent to an activating group) is 1. The van der Waals surface area contributed by atoms with Gasteiger partial charge in [0, 0.05) is 11.6 Å². The van der Waals surface area contributed by atoms with Crippen molar-refractivity contribution in [3.8, 4) is 11.5 Å². The highest BCUT2D eigenvalue weighted by molar-refractivity contribution is 5.50. The maximum Gasteiger partial charge on any atom is 0.160 e. The molecule has 3 rings (SSSR count). The van der Waals surface area contributed by atoms with Crippen LogP contribution >= 0.6 is 0 Å². The van der Waals surface area contributed by atoms with Crippen molar-refractivity contribution >= 4 is 0 Å². The van der Waals surface area contributed by atoms with E-state index in [-0.39, 0.29) is 11.5 Å². The molecule has 0 saturated carbocycles. The Bertz CT molecular complexity index is 444. The lowest BCUT2D eigenvalue weighted by molar-refractivity contribution is 0.111. The monoisotopic (exact) mass is 233 g/mol. The molecule has 0 spiro atoms. The number of nitrogens with zero attached hydrogens (tertiary/aromatic N) is 1. The van der Waals surface area contributed by atoms with Gasteiger partial charge in [-0.3, -0.25) is 0 Å². The molecule has 1 aromatic rings. The van der Waals surface area contributed by atoms with Crippen LogP contribution in [0.25, 0.3) is 0 Å². The van der Waals surface area contributed by atoms with Crippen molar-refractivity contribution in [2.45, 2.75) is 31.7 Å². The minimum absolute atomic E-state index is 0.0198. The number of hydrogen-bond donors (Lipinski definition) is 2. The van der Waals surface area contributed by atoms with Gasteiger partial charge in [0.05, 0.1) is 0 Å². The van der Waals surface area contributed by atoms with Gasteiger partial charge in [0.15, 0.2) is 11.5 Å². The average molecular weight is 233 g/mol. The Hall–Kier alpha value is -1.22. The van der Waals surface area contributed by atoms with Crippen LogP contribution in [0.1, 0.15) is 24.0 Å². The Balaban J connectivity index is 1.98. The van der Waals surface area contributed by atoms with Gasteiger partial charge in [-0.2, -0.15) is 0 Å². The van der Waals surface area contributed by atoms with E-state index in [0.29, 0.717) is 12.0 Å². The molecule has 2 N–H and O–H groups in total. The van der Waals surface area contributed by atoms with E-state index in [2.05, 4.69) is 11.9 Å². The van der Waals surface area contributed by atoms with Crippen molar-refractivity contribution in [1.82, 2.24) is 4.90 Å². The molecule has 0 aromatic heterocycles. The number of phenols is 2. The van der Waals surface area contributed by atoms with Gasteiger partial charge in [-0.25, -0.2) is 0 Å². The molecule has 1 heterocycles. The molecule has 0 amide bonds. The van der Waals surface area contributed by atoms with E-state index in [0.717, 1.165) is 18.4 Å². The predicted molar refractivity (Wildman–Crippen MR) is 66.3 cm³/mol. The van der Waals surface area contributed by atoms with Crippen molar-refractivity contribution in [3.63, 3.8) is 0 Å². The summed E-state index contributed by atoms with van der Waals surface area (Å²) in [6.07, 6.45) is 4.39. The standard InChI is InChI=1S/C14H19NO2/c1-15-6-2-3-10-7-11-9(8-12(10)15)4-5-13(16)14(11)17/h4-5,10,12,16-17H,2-3,6-8H2,1H3. The second kappa shape index (κ2) is 3.91. The molecule has 0 bridgehead atoms. The lowest BCUT2D eigenvalue weighted by Crippen LogP contribution is -2.47. The second-order valence-electron chi connectivity index (χ2n) is 5.43. The zero-order chi connectivity index (χ0) is 12.0. The third-order valence-electron chi connectivity index (χ3n) is 4.45. The highest BCUT2D eigenvalue weighted by Crippen LogP contribution is 2.41. The molecule has 1 fully saturated rings. The van der Waals surface area contributed by atoms with Crippen LogP contribution in [0.3, 0.4) is 0 Å². The summed E-state index contributed by atoms with van der Waals surface area (Å²) in [5.74, 6) is 0.759. The fraction of sp³-hybridized carbons (Fsp3) is 0.571. The lowest BCUT2D eigenvalue weighted by Gasteiger charge is -2.43. The largest absolute Gasteiger partial charge is 0.504 e. The molecule has 2 unspecified atom stereocenters. The maximum atomic E-state index is 9.94.